The Hall–Kier alpha value is -3.92. The maximum absolute atomic E-state index is 9.92. The van der Waals surface area contributed by atoms with Gasteiger partial charge in [-0.15, -0.1) is 0 Å². The summed E-state index contributed by atoms with van der Waals surface area (Å²) in [7, 11) is 0. The Balaban J connectivity index is 0.000000199. The lowest BCUT2D eigenvalue weighted by molar-refractivity contribution is 0.435. The van der Waals surface area contributed by atoms with Gasteiger partial charge in [-0.25, -0.2) is 0 Å². The van der Waals surface area contributed by atoms with Crippen molar-refractivity contribution in [3.63, 3.8) is 0 Å². The first-order valence-electron chi connectivity index (χ1n) is 9.87. The van der Waals surface area contributed by atoms with E-state index in [0.717, 1.165) is 11.1 Å². The number of rotatable bonds is 2. The number of hydrogen-bond donors (Lipinski definition) is 4. The SMILES string of the molecule is CC(C)(c1ccccc1O)c1ccccc1O.Oc1ccccc1.Oc1ccccc1. The molecule has 0 atom stereocenters. The maximum atomic E-state index is 9.92. The predicted molar refractivity (Wildman–Crippen MR) is 125 cm³/mol. The average Bonchev–Trinajstić information content (AvgIpc) is 2.76. The Bertz CT molecular complexity index is 960. The van der Waals surface area contributed by atoms with E-state index in [1.165, 1.54) is 0 Å². The summed E-state index contributed by atoms with van der Waals surface area (Å²) in [5.74, 6) is 1.14. The molecule has 0 aliphatic rings. The molecule has 0 aliphatic heterocycles. The smallest absolute Gasteiger partial charge is 0.119 e. The molecule has 4 nitrogen and oxygen atoms in total. The van der Waals surface area contributed by atoms with E-state index in [4.69, 9.17) is 10.2 Å². The van der Waals surface area contributed by atoms with Crippen molar-refractivity contribution >= 4 is 0 Å². The van der Waals surface area contributed by atoms with Crippen LogP contribution in [-0.4, -0.2) is 20.4 Å². The van der Waals surface area contributed by atoms with Crippen LogP contribution in [0.2, 0.25) is 0 Å². The fourth-order valence-corrected chi connectivity index (χ4v) is 3.01. The van der Waals surface area contributed by atoms with Gasteiger partial charge in [-0.05, 0) is 36.4 Å². The number of aromatic hydroxyl groups is 4. The number of para-hydroxylation sites is 4. The minimum atomic E-state index is -0.434. The first kappa shape index (κ1) is 23.4. The van der Waals surface area contributed by atoms with Gasteiger partial charge in [-0.1, -0.05) is 86.6 Å². The Morgan fingerprint density at radius 1 is 0.419 bits per heavy atom. The fraction of sp³-hybridized carbons (Fsp3) is 0.111. The highest BCUT2D eigenvalue weighted by Gasteiger charge is 2.28. The fourth-order valence-electron chi connectivity index (χ4n) is 3.01. The molecule has 0 aromatic heterocycles. The van der Waals surface area contributed by atoms with Gasteiger partial charge in [0.05, 0.1) is 0 Å². The van der Waals surface area contributed by atoms with E-state index in [2.05, 4.69) is 0 Å². The summed E-state index contributed by atoms with van der Waals surface area (Å²) in [6, 6.07) is 31.9. The summed E-state index contributed by atoms with van der Waals surface area (Å²) in [6.07, 6.45) is 0. The van der Waals surface area contributed by atoms with Gasteiger partial charge in [0.1, 0.15) is 23.0 Å². The van der Waals surface area contributed by atoms with E-state index in [1.807, 2.05) is 50.2 Å². The van der Waals surface area contributed by atoms with Gasteiger partial charge in [-0.3, -0.25) is 0 Å². The number of phenolic OH excluding ortho intramolecular Hbond substituents is 4. The zero-order valence-corrected chi connectivity index (χ0v) is 17.7. The second kappa shape index (κ2) is 11.3. The van der Waals surface area contributed by atoms with Gasteiger partial charge >= 0.3 is 0 Å². The minimum absolute atomic E-state index is 0.251. The monoisotopic (exact) mass is 416 g/mol. The highest BCUT2D eigenvalue weighted by Crippen LogP contribution is 2.40. The molecule has 4 aromatic rings. The topological polar surface area (TPSA) is 80.9 Å². The lowest BCUT2D eigenvalue weighted by Crippen LogP contribution is -2.19. The number of benzene rings is 4. The van der Waals surface area contributed by atoms with Crippen molar-refractivity contribution in [3.8, 4) is 23.0 Å². The zero-order valence-electron chi connectivity index (χ0n) is 17.7. The van der Waals surface area contributed by atoms with Gasteiger partial charge in [0.15, 0.2) is 0 Å². The first-order chi connectivity index (χ1) is 14.8. The third-order valence-electron chi connectivity index (χ3n) is 4.67. The molecule has 0 aliphatic carbocycles. The van der Waals surface area contributed by atoms with E-state index in [9.17, 15) is 10.2 Å². The maximum Gasteiger partial charge on any atom is 0.119 e. The van der Waals surface area contributed by atoms with Gasteiger partial charge in [0, 0.05) is 16.5 Å². The Morgan fingerprint density at radius 2 is 0.710 bits per heavy atom. The van der Waals surface area contributed by atoms with Crippen LogP contribution < -0.4 is 0 Å². The summed E-state index contributed by atoms with van der Waals surface area (Å²) in [5, 5.41) is 37.1. The minimum Gasteiger partial charge on any atom is -0.508 e. The van der Waals surface area contributed by atoms with Crippen molar-refractivity contribution in [3.05, 3.63) is 120 Å². The van der Waals surface area contributed by atoms with Crippen LogP contribution >= 0.6 is 0 Å². The standard InChI is InChI=1S/C15H16O2.2C6H6O/c1-15(2,11-7-3-5-9-13(11)16)12-8-4-6-10-14(12)17;2*7-6-4-2-1-3-5-6/h3-10,16-17H,1-2H3;2*1-5,7H. The third-order valence-corrected chi connectivity index (χ3v) is 4.67. The van der Waals surface area contributed by atoms with Crippen LogP contribution in [0.1, 0.15) is 25.0 Å². The Kier molecular flexibility index (Phi) is 8.52. The lowest BCUT2D eigenvalue weighted by Gasteiger charge is -2.27. The highest BCUT2D eigenvalue weighted by molar-refractivity contribution is 5.49. The van der Waals surface area contributed by atoms with Crippen LogP contribution in [0.5, 0.6) is 23.0 Å². The van der Waals surface area contributed by atoms with Crippen LogP contribution in [0.15, 0.2) is 109 Å². The molecule has 4 heteroatoms. The molecular weight excluding hydrogens is 388 g/mol. The van der Waals surface area contributed by atoms with Crippen molar-refractivity contribution in [2.24, 2.45) is 0 Å². The third kappa shape index (κ3) is 7.12. The molecular formula is C27H28O4. The van der Waals surface area contributed by atoms with Crippen LogP contribution in [0.25, 0.3) is 0 Å². The van der Waals surface area contributed by atoms with E-state index in [-0.39, 0.29) is 11.5 Å². The molecule has 0 radical (unpaired) electrons. The Labute approximate surface area is 183 Å². The predicted octanol–water partition coefficient (Wildman–Crippen LogP) is 6.21. The molecule has 0 bridgehead atoms. The highest BCUT2D eigenvalue weighted by atomic mass is 16.3. The van der Waals surface area contributed by atoms with Crippen LogP contribution in [0, 0.1) is 0 Å². The van der Waals surface area contributed by atoms with Gasteiger partial charge < -0.3 is 20.4 Å². The summed E-state index contributed by atoms with van der Waals surface area (Å²) >= 11 is 0. The molecule has 160 valence electrons. The molecule has 0 spiro atoms. The van der Waals surface area contributed by atoms with E-state index in [1.54, 1.807) is 72.8 Å². The van der Waals surface area contributed by atoms with Crippen molar-refractivity contribution in [1.29, 1.82) is 0 Å². The quantitative estimate of drug-likeness (QED) is 0.313. The van der Waals surface area contributed by atoms with Crippen molar-refractivity contribution in [2.45, 2.75) is 19.3 Å². The largest absolute Gasteiger partial charge is 0.508 e. The summed E-state index contributed by atoms with van der Waals surface area (Å²) in [5.41, 5.74) is 1.18. The zero-order chi connectivity index (χ0) is 22.7. The number of hydrogen-bond acceptors (Lipinski definition) is 4. The van der Waals surface area contributed by atoms with E-state index in [0.29, 0.717) is 11.5 Å². The molecule has 4 rings (SSSR count). The van der Waals surface area contributed by atoms with Gasteiger partial charge in [0.2, 0.25) is 0 Å². The Morgan fingerprint density at radius 3 is 0.968 bits per heavy atom. The van der Waals surface area contributed by atoms with Gasteiger partial charge in [0.25, 0.3) is 0 Å². The molecule has 0 fully saturated rings. The second-order valence-electron chi connectivity index (χ2n) is 7.33. The molecule has 0 unspecified atom stereocenters. The number of phenols is 4. The van der Waals surface area contributed by atoms with Crippen LogP contribution in [0.4, 0.5) is 0 Å². The van der Waals surface area contributed by atoms with E-state index < -0.39 is 5.41 Å². The van der Waals surface area contributed by atoms with Crippen molar-refractivity contribution in [1.82, 2.24) is 0 Å². The van der Waals surface area contributed by atoms with E-state index >= 15 is 0 Å². The normalized spacial score (nSPS) is 10.1. The molecule has 4 N–H and O–H groups in total. The van der Waals surface area contributed by atoms with Crippen molar-refractivity contribution in [2.75, 3.05) is 0 Å². The molecule has 31 heavy (non-hydrogen) atoms. The van der Waals surface area contributed by atoms with Crippen LogP contribution in [-0.2, 0) is 5.41 Å². The molecule has 0 amide bonds. The lowest BCUT2D eigenvalue weighted by atomic mass is 9.77. The molecule has 0 heterocycles. The molecule has 0 saturated carbocycles. The van der Waals surface area contributed by atoms with Crippen molar-refractivity contribution < 1.29 is 20.4 Å². The summed E-state index contributed by atoms with van der Waals surface area (Å²) in [6.45, 7) is 3.97. The first-order valence-corrected chi connectivity index (χ1v) is 9.87. The van der Waals surface area contributed by atoms with Crippen LogP contribution in [0.3, 0.4) is 0 Å². The van der Waals surface area contributed by atoms with Gasteiger partial charge in [-0.2, -0.15) is 0 Å². The summed E-state index contributed by atoms with van der Waals surface area (Å²) in [4.78, 5) is 0. The molecule has 0 saturated heterocycles. The average molecular weight is 417 g/mol. The molecule has 4 aromatic carbocycles. The second-order valence-corrected chi connectivity index (χ2v) is 7.33. The summed E-state index contributed by atoms with van der Waals surface area (Å²) < 4.78 is 0.